The molecule has 11 aromatic rings. The van der Waals surface area contributed by atoms with Gasteiger partial charge in [-0.15, -0.1) is 21.5 Å². The van der Waals surface area contributed by atoms with Crippen molar-refractivity contribution < 1.29 is 0 Å². The van der Waals surface area contributed by atoms with E-state index in [9.17, 15) is 9.59 Å². The molecule has 4 N–H and O–H groups in total. The zero-order valence-corrected chi connectivity index (χ0v) is 65.8. The number of fused-ring (bicyclic) bond motifs is 4. The van der Waals surface area contributed by atoms with Crippen LogP contribution in [0.25, 0.3) is 43.7 Å². The zero-order valence-electron chi connectivity index (χ0n) is 65.0. The molecule has 103 heavy (non-hydrogen) atoms. The van der Waals surface area contributed by atoms with Crippen molar-refractivity contribution in [3.8, 4) is 11.1 Å². The van der Waals surface area contributed by atoms with E-state index in [0.717, 1.165) is 10.6 Å². The van der Waals surface area contributed by atoms with Crippen molar-refractivity contribution >= 4 is 55.3 Å². The third-order valence-corrected chi connectivity index (χ3v) is 16.5. The Labute approximate surface area is 634 Å². The lowest BCUT2D eigenvalue weighted by Crippen LogP contribution is -2.38. The van der Waals surface area contributed by atoms with Crippen LogP contribution in [0.5, 0.6) is 0 Å². The molecular formula is C94H146N6O2S. The summed E-state index contributed by atoms with van der Waals surface area (Å²) in [4.78, 5) is 27.2. The standard InChI is InChI=1S/C15H16.C13H20N2.2C13H14.C11H12N2O2.C9H12.C5H8N2S.5C2H6.5CH4/c1-12(2)13-8-10-15(11-9-13)14-6-4-3-5-7-14;1-8(2)11-5-6-12-13(7-11)15-10(4)9(3)14-12;2*1-10(2)12-8-7-11-5-3-4-6-13(11)9-12;1-6(2)7-3-4-8-9(5-7)13-11(15)10(14)12-8;1-8(2)9-6-4-3-5-7-9;1-4(2)5-7-6-3-8-5;5*1-2;;;;;/h3-12H,1-2H3;5-10,14-15H,1-4H3;2*3-10H,1-2H3;3-6H,1-2H3,(H,12,14)(H,13,15);3-8H,1-2H3;3-4H,1-2H3;5*1-2H3;5*1H4. The second-order valence-corrected chi connectivity index (χ2v) is 25.7. The van der Waals surface area contributed by atoms with Gasteiger partial charge in [0.1, 0.15) is 10.5 Å². The Hall–Kier alpha value is -8.40. The molecular weight excluding hydrogens is 1280 g/mol. The average molecular weight is 1420 g/mol. The predicted octanol–water partition coefficient (Wildman–Crippen LogP) is 30.0. The molecule has 0 saturated heterocycles. The minimum Gasteiger partial charge on any atom is -0.379 e. The van der Waals surface area contributed by atoms with Gasteiger partial charge in [0.2, 0.25) is 0 Å². The number of nitrogens with zero attached hydrogens (tertiary/aromatic N) is 2. The van der Waals surface area contributed by atoms with Crippen molar-refractivity contribution in [2.24, 2.45) is 0 Å². The largest absolute Gasteiger partial charge is 0.379 e. The lowest BCUT2D eigenvalue weighted by atomic mass is 9.99. The number of nitrogens with one attached hydrogen (secondary N) is 4. The first-order valence-corrected chi connectivity index (χ1v) is 37.3. The minimum absolute atomic E-state index is 0. The Bertz CT molecular complexity index is 3860. The fourth-order valence-corrected chi connectivity index (χ4v) is 10.1. The van der Waals surface area contributed by atoms with Gasteiger partial charge < -0.3 is 20.6 Å². The molecule has 0 aliphatic carbocycles. The number of benzene rings is 9. The topological polar surface area (TPSA) is 116 Å². The van der Waals surface area contributed by atoms with Crippen LogP contribution < -0.4 is 21.8 Å². The number of hydrogen-bond donors (Lipinski definition) is 4. The summed E-state index contributed by atoms with van der Waals surface area (Å²) >= 11 is 1.61. The lowest BCUT2D eigenvalue weighted by Gasteiger charge is -2.32. The second-order valence-electron chi connectivity index (χ2n) is 24.9. The maximum Gasteiger partial charge on any atom is 0.314 e. The van der Waals surface area contributed by atoms with Gasteiger partial charge in [0.25, 0.3) is 0 Å². The van der Waals surface area contributed by atoms with Gasteiger partial charge in [-0.3, -0.25) is 9.59 Å². The van der Waals surface area contributed by atoms with E-state index in [4.69, 9.17) is 0 Å². The molecule has 9 heteroatoms. The predicted molar refractivity (Wildman–Crippen MR) is 473 cm³/mol. The summed E-state index contributed by atoms with van der Waals surface area (Å²) < 4.78 is 0. The first-order chi connectivity index (χ1) is 47.1. The number of H-pyrrole nitrogens is 2. The zero-order chi connectivity index (χ0) is 73.9. The van der Waals surface area contributed by atoms with Crippen LogP contribution in [0.4, 0.5) is 11.4 Å². The Morgan fingerprint density at radius 2 is 0.631 bits per heavy atom. The van der Waals surface area contributed by atoms with Crippen molar-refractivity contribution in [2.45, 2.75) is 271 Å². The molecule has 8 nitrogen and oxygen atoms in total. The van der Waals surface area contributed by atoms with Crippen LogP contribution in [0, 0.1) is 0 Å². The maximum absolute atomic E-state index is 11.1. The highest BCUT2D eigenvalue weighted by molar-refractivity contribution is 7.09. The summed E-state index contributed by atoms with van der Waals surface area (Å²) in [5.74, 6) is 4.01. The molecule has 0 amide bonds. The smallest absolute Gasteiger partial charge is 0.314 e. The number of aromatic nitrogens is 4. The van der Waals surface area contributed by atoms with Gasteiger partial charge in [0.05, 0.1) is 22.4 Å². The molecule has 12 rings (SSSR count). The molecule has 2 aromatic heterocycles. The SMILES string of the molecule is C.C.C.C.C.CC.CC.CC.CC.CC.CC(C)c1ccc(-c2ccccc2)cc1.CC(C)c1ccc2[nH]c(=O)c(=O)[nH]c2c1.CC(C)c1ccc2c(c1)NC(C)C(C)N2.CC(C)c1ccc2ccccc2c1.CC(C)c1ccc2ccccc2c1.CC(C)c1ccccc1.CC(C)c1nncs1. The van der Waals surface area contributed by atoms with Crippen molar-refractivity contribution in [3.63, 3.8) is 0 Å². The van der Waals surface area contributed by atoms with Crippen LogP contribution in [-0.4, -0.2) is 32.2 Å². The Morgan fingerprint density at radius 1 is 0.311 bits per heavy atom. The summed E-state index contributed by atoms with van der Waals surface area (Å²) in [7, 11) is 0. The van der Waals surface area contributed by atoms with E-state index in [2.05, 4.69) is 318 Å². The van der Waals surface area contributed by atoms with E-state index in [-0.39, 0.29) is 37.1 Å². The van der Waals surface area contributed by atoms with Crippen LogP contribution in [0.15, 0.2) is 221 Å². The van der Waals surface area contributed by atoms with E-state index < -0.39 is 11.1 Å². The number of aromatic amines is 2. The highest BCUT2D eigenvalue weighted by Crippen LogP contribution is 2.32. The van der Waals surface area contributed by atoms with Crippen LogP contribution in [0.2, 0.25) is 0 Å². The van der Waals surface area contributed by atoms with E-state index in [1.807, 2.05) is 99.6 Å². The average Bonchev–Trinajstić information content (AvgIpc) is 0.920. The van der Waals surface area contributed by atoms with Crippen molar-refractivity contribution in [2.75, 3.05) is 10.6 Å². The van der Waals surface area contributed by atoms with Crippen molar-refractivity contribution in [3.05, 3.63) is 271 Å². The second kappa shape index (κ2) is 58.0. The third kappa shape index (κ3) is 36.5. The highest BCUT2D eigenvalue weighted by Gasteiger charge is 2.20. The fraction of sp³-hybridized carbons (Fsp3) is 0.426. The van der Waals surface area contributed by atoms with E-state index in [1.54, 1.807) is 16.8 Å². The molecule has 2 unspecified atom stereocenters. The summed E-state index contributed by atoms with van der Waals surface area (Å²) in [5.41, 5.74) is 15.1. The molecule has 0 fully saturated rings. The summed E-state index contributed by atoms with van der Waals surface area (Å²) in [6, 6.07) is 73.5. The summed E-state index contributed by atoms with van der Waals surface area (Å²) in [5, 5.41) is 21.1. The molecule has 1 aliphatic heterocycles. The fourth-order valence-electron chi connectivity index (χ4n) is 9.49. The van der Waals surface area contributed by atoms with Crippen LogP contribution in [-0.2, 0) is 0 Å². The number of anilines is 2. The molecule has 0 radical (unpaired) electrons. The van der Waals surface area contributed by atoms with Gasteiger partial charge in [0.15, 0.2) is 0 Å². The normalized spacial score (nSPS) is 11.5. The van der Waals surface area contributed by atoms with Gasteiger partial charge in [-0.05, 0) is 140 Å². The van der Waals surface area contributed by atoms with Crippen LogP contribution >= 0.6 is 11.3 Å². The summed E-state index contributed by atoms with van der Waals surface area (Å²) in [6.45, 7) is 55.0. The van der Waals surface area contributed by atoms with Gasteiger partial charge in [-0.25, -0.2) is 0 Å². The van der Waals surface area contributed by atoms with Crippen LogP contribution in [0.3, 0.4) is 0 Å². The van der Waals surface area contributed by atoms with Gasteiger partial charge >= 0.3 is 11.1 Å². The molecule has 0 saturated carbocycles. The summed E-state index contributed by atoms with van der Waals surface area (Å²) in [6.07, 6.45) is 0. The Morgan fingerprint density at radius 3 is 1.01 bits per heavy atom. The first-order valence-electron chi connectivity index (χ1n) is 36.4. The number of rotatable bonds is 8. The molecule has 570 valence electrons. The van der Waals surface area contributed by atoms with Gasteiger partial charge in [-0.2, -0.15) is 0 Å². The van der Waals surface area contributed by atoms with E-state index in [1.165, 1.54) is 71.9 Å². The van der Waals surface area contributed by atoms with Crippen LogP contribution in [0.1, 0.15) is 297 Å². The molecule has 0 bridgehead atoms. The Kier molecular flexibility index (Phi) is 58.2. The molecule has 0 spiro atoms. The van der Waals surface area contributed by atoms with Crippen molar-refractivity contribution in [1.29, 1.82) is 0 Å². The first kappa shape index (κ1) is 103. The monoisotopic (exact) mass is 1420 g/mol. The van der Waals surface area contributed by atoms with E-state index in [0.29, 0.717) is 64.5 Å². The van der Waals surface area contributed by atoms with Gasteiger partial charge in [-0.1, -0.05) is 385 Å². The Balaban J connectivity index is -0.000000355. The number of hydrogen-bond acceptors (Lipinski definition) is 7. The lowest BCUT2D eigenvalue weighted by molar-refractivity contribution is 0.663. The van der Waals surface area contributed by atoms with E-state index >= 15 is 0 Å². The molecule has 1 aliphatic rings. The molecule has 2 atom stereocenters. The minimum atomic E-state index is -0.611. The highest BCUT2D eigenvalue weighted by atomic mass is 32.1. The van der Waals surface area contributed by atoms with Gasteiger partial charge in [0, 0.05) is 18.0 Å². The third-order valence-electron chi connectivity index (χ3n) is 15.5. The molecule has 9 aromatic carbocycles. The maximum atomic E-state index is 11.1. The van der Waals surface area contributed by atoms with Crippen molar-refractivity contribution in [1.82, 2.24) is 20.2 Å². The quantitative estimate of drug-likeness (QED) is 0.113. The molecule has 3 heterocycles.